The molecule has 0 aromatic heterocycles. The molecule has 0 aliphatic heterocycles. The molecule has 0 atom stereocenters. The highest BCUT2D eigenvalue weighted by molar-refractivity contribution is 7.89. The molecule has 0 bridgehead atoms. The molecule has 0 aliphatic rings. The van der Waals surface area contributed by atoms with E-state index in [1.54, 1.807) is 0 Å². The van der Waals surface area contributed by atoms with Gasteiger partial charge in [0.15, 0.2) is 0 Å². The van der Waals surface area contributed by atoms with Gasteiger partial charge in [-0.1, -0.05) is 25.4 Å². The molecule has 0 fully saturated rings. The summed E-state index contributed by atoms with van der Waals surface area (Å²) in [4.78, 5) is 0.0665. The topological polar surface area (TPSA) is 87.2 Å². The van der Waals surface area contributed by atoms with Crippen LogP contribution >= 0.6 is 11.6 Å². The zero-order chi connectivity index (χ0) is 15.6. The highest BCUT2D eigenvalue weighted by Gasteiger charge is 2.27. The first kappa shape index (κ1) is 16.9. The smallest absolute Gasteiger partial charge is 0.242 e. The lowest BCUT2D eigenvalue weighted by atomic mass is 9.94. The molecule has 0 aliphatic carbocycles. The van der Waals surface area contributed by atoms with Crippen LogP contribution in [0.2, 0.25) is 5.02 Å². The Bertz CT molecular complexity index is 636. The average Bonchev–Trinajstić information content (AvgIpc) is 2.38. The van der Waals surface area contributed by atoms with Gasteiger partial charge in [0.2, 0.25) is 10.0 Å². The summed E-state index contributed by atoms with van der Waals surface area (Å²) in [5.41, 5.74) is 5.54. The van der Waals surface area contributed by atoms with Gasteiger partial charge >= 0.3 is 0 Å². The van der Waals surface area contributed by atoms with Crippen molar-refractivity contribution < 1.29 is 8.42 Å². The molecule has 0 radical (unpaired) electrons. The predicted octanol–water partition coefficient (Wildman–Crippen LogP) is 1.82. The van der Waals surface area contributed by atoms with E-state index in [0.29, 0.717) is 13.1 Å². The molecule has 1 aromatic rings. The summed E-state index contributed by atoms with van der Waals surface area (Å²) in [5, 5.41) is 8.92. The van der Waals surface area contributed by atoms with E-state index in [2.05, 4.69) is 0 Å². The first-order valence-corrected chi connectivity index (χ1v) is 7.82. The normalized spacial score (nSPS) is 12.4. The largest absolute Gasteiger partial charge is 0.330 e. The van der Waals surface area contributed by atoms with E-state index in [9.17, 15) is 8.42 Å². The molecule has 0 saturated heterocycles. The third-order valence-corrected chi connectivity index (χ3v) is 5.08. The van der Waals surface area contributed by atoms with E-state index in [-0.39, 0.29) is 20.9 Å². The Morgan fingerprint density at radius 1 is 1.45 bits per heavy atom. The Hall–Kier alpha value is -1.13. The molecule has 1 rings (SSSR count). The van der Waals surface area contributed by atoms with Crippen molar-refractivity contribution >= 4 is 21.6 Å². The molecule has 0 saturated carbocycles. The fraction of sp³-hybridized carbons (Fsp3) is 0.462. The maximum absolute atomic E-state index is 12.4. The number of benzene rings is 1. The monoisotopic (exact) mass is 315 g/mol. The first-order chi connectivity index (χ1) is 9.14. The Balaban J connectivity index is 3.11. The number of nitriles is 1. The SMILES string of the molecule is CN(CC(C)(C)CN)S(=O)(=O)c1ccc(C#N)c(Cl)c1. The van der Waals surface area contributed by atoms with Crippen LogP contribution in [0.4, 0.5) is 0 Å². The summed E-state index contributed by atoms with van der Waals surface area (Å²) >= 11 is 5.88. The molecular weight excluding hydrogens is 298 g/mol. The van der Waals surface area contributed by atoms with Crippen LogP contribution in [-0.4, -0.2) is 32.9 Å². The highest BCUT2D eigenvalue weighted by atomic mass is 35.5. The number of rotatable bonds is 5. The maximum atomic E-state index is 12.4. The number of hydrogen-bond acceptors (Lipinski definition) is 4. The summed E-state index contributed by atoms with van der Waals surface area (Å²) in [5.74, 6) is 0. The quantitative estimate of drug-likeness (QED) is 0.897. The van der Waals surface area contributed by atoms with Crippen LogP contribution in [0.5, 0.6) is 0 Å². The summed E-state index contributed by atoms with van der Waals surface area (Å²) < 4.78 is 26.1. The Labute approximate surface area is 125 Å². The Morgan fingerprint density at radius 3 is 2.50 bits per heavy atom. The number of halogens is 1. The van der Waals surface area contributed by atoms with Gasteiger partial charge in [-0.2, -0.15) is 5.26 Å². The van der Waals surface area contributed by atoms with Gasteiger partial charge in [-0.3, -0.25) is 0 Å². The number of nitrogens with zero attached hydrogens (tertiary/aromatic N) is 2. The lowest BCUT2D eigenvalue weighted by molar-refractivity contribution is 0.292. The van der Waals surface area contributed by atoms with Crippen molar-refractivity contribution in [1.82, 2.24) is 4.31 Å². The van der Waals surface area contributed by atoms with Crippen LogP contribution < -0.4 is 5.73 Å². The van der Waals surface area contributed by atoms with Crippen LogP contribution in [0.15, 0.2) is 23.1 Å². The van der Waals surface area contributed by atoms with Gasteiger partial charge in [0.25, 0.3) is 0 Å². The number of nitrogens with two attached hydrogens (primary N) is 1. The van der Waals surface area contributed by atoms with Crippen molar-refractivity contribution in [2.24, 2.45) is 11.1 Å². The Morgan fingerprint density at radius 2 is 2.05 bits per heavy atom. The number of hydrogen-bond donors (Lipinski definition) is 1. The summed E-state index contributed by atoms with van der Waals surface area (Å²) in [6, 6.07) is 5.97. The Kier molecular flexibility index (Phi) is 5.16. The molecule has 110 valence electrons. The van der Waals surface area contributed by atoms with Crippen LogP contribution in [0.25, 0.3) is 0 Å². The molecule has 5 nitrogen and oxygen atoms in total. The van der Waals surface area contributed by atoms with E-state index in [0.717, 1.165) is 0 Å². The molecule has 2 N–H and O–H groups in total. The molecular formula is C13H18ClN3O2S. The van der Waals surface area contributed by atoms with Crippen molar-refractivity contribution in [1.29, 1.82) is 5.26 Å². The van der Waals surface area contributed by atoms with E-state index >= 15 is 0 Å². The molecule has 20 heavy (non-hydrogen) atoms. The lowest BCUT2D eigenvalue weighted by Crippen LogP contribution is -2.39. The summed E-state index contributed by atoms with van der Waals surface area (Å²) in [6.45, 7) is 4.46. The molecule has 0 spiro atoms. The predicted molar refractivity (Wildman–Crippen MR) is 78.8 cm³/mol. The summed E-state index contributed by atoms with van der Waals surface area (Å²) in [6.07, 6.45) is 0. The first-order valence-electron chi connectivity index (χ1n) is 6.00. The molecule has 0 heterocycles. The fourth-order valence-corrected chi connectivity index (χ4v) is 3.35. The second-order valence-corrected chi connectivity index (χ2v) is 7.83. The van der Waals surface area contributed by atoms with Gasteiger partial charge in [-0.05, 0) is 30.2 Å². The van der Waals surface area contributed by atoms with E-state index in [4.69, 9.17) is 22.6 Å². The fourth-order valence-electron chi connectivity index (χ4n) is 1.68. The number of sulfonamides is 1. The van der Waals surface area contributed by atoms with Crippen molar-refractivity contribution in [2.45, 2.75) is 18.7 Å². The van der Waals surface area contributed by atoms with Gasteiger partial charge < -0.3 is 5.73 Å². The molecule has 1 aromatic carbocycles. The van der Waals surface area contributed by atoms with Crippen molar-refractivity contribution in [3.63, 3.8) is 0 Å². The highest BCUT2D eigenvalue weighted by Crippen LogP contribution is 2.24. The summed E-state index contributed by atoms with van der Waals surface area (Å²) in [7, 11) is -2.15. The zero-order valence-corrected chi connectivity index (χ0v) is 13.3. The van der Waals surface area contributed by atoms with E-state index < -0.39 is 10.0 Å². The minimum absolute atomic E-state index is 0.0665. The van der Waals surface area contributed by atoms with Crippen LogP contribution in [-0.2, 0) is 10.0 Å². The van der Waals surface area contributed by atoms with Gasteiger partial charge in [-0.15, -0.1) is 0 Å². The third kappa shape index (κ3) is 3.70. The van der Waals surface area contributed by atoms with Crippen LogP contribution in [0, 0.1) is 16.7 Å². The van der Waals surface area contributed by atoms with Crippen LogP contribution in [0.3, 0.4) is 0 Å². The van der Waals surface area contributed by atoms with E-state index in [1.165, 1.54) is 29.6 Å². The second-order valence-electron chi connectivity index (χ2n) is 5.38. The molecule has 0 amide bonds. The van der Waals surface area contributed by atoms with Gasteiger partial charge in [-0.25, -0.2) is 12.7 Å². The van der Waals surface area contributed by atoms with Gasteiger partial charge in [0.05, 0.1) is 15.5 Å². The zero-order valence-electron chi connectivity index (χ0n) is 11.7. The second kappa shape index (κ2) is 6.10. The minimum Gasteiger partial charge on any atom is -0.330 e. The maximum Gasteiger partial charge on any atom is 0.242 e. The van der Waals surface area contributed by atoms with Crippen molar-refractivity contribution in [3.8, 4) is 6.07 Å². The van der Waals surface area contributed by atoms with Crippen molar-refractivity contribution in [3.05, 3.63) is 28.8 Å². The molecule has 0 unspecified atom stereocenters. The standard InChI is InChI=1S/C13H18ClN3O2S/c1-13(2,8-16)9-17(3)20(18,19)11-5-4-10(7-15)12(14)6-11/h4-6H,8-9,16H2,1-3H3. The van der Waals surface area contributed by atoms with E-state index in [1.807, 2.05) is 19.9 Å². The lowest BCUT2D eigenvalue weighted by Gasteiger charge is -2.28. The van der Waals surface area contributed by atoms with Crippen molar-refractivity contribution in [2.75, 3.05) is 20.1 Å². The molecule has 7 heteroatoms. The average molecular weight is 316 g/mol. The van der Waals surface area contributed by atoms with Crippen LogP contribution in [0.1, 0.15) is 19.4 Å². The van der Waals surface area contributed by atoms with Gasteiger partial charge in [0.1, 0.15) is 6.07 Å². The van der Waals surface area contributed by atoms with Gasteiger partial charge in [0, 0.05) is 13.6 Å². The minimum atomic E-state index is -3.65. The third-order valence-electron chi connectivity index (χ3n) is 2.97.